The van der Waals surface area contributed by atoms with Crippen LogP contribution in [0.4, 0.5) is 5.69 Å². The minimum absolute atomic E-state index is 0.0935. The quantitative estimate of drug-likeness (QED) is 0.567. The number of carbonyl (C=O) groups is 2. The first kappa shape index (κ1) is 22.0. The highest BCUT2D eigenvalue weighted by Crippen LogP contribution is 2.39. The molecule has 6 nitrogen and oxygen atoms in total. The molecule has 1 fully saturated rings. The Kier molecular flexibility index (Phi) is 5.69. The molecule has 2 amide bonds. The average molecular weight is 466 g/mol. The monoisotopic (exact) mass is 465 g/mol. The molecule has 0 spiro atoms. The zero-order chi connectivity index (χ0) is 23.2. The van der Waals surface area contributed by atoms with Gasteiger partial charge in [0.1, 0.15) is 17.0 Å². The molecule has 5 rings (SSSR count). The SMILES string of the molecule is CCc1cc2c(cc3n2C[C@](C)(C(=O)NC2CCCCC2)N(c2cccc(OC)c2)C3=O)s1. The predicted molar refractivity (Wildman–Crippen MR) is 132 cm³/mol. The molecular formula is C26H31N3O3S. The third-order valence-electron chi connectivity index (χ3n) is 7.11. The molecule has 0 saturated heterocycles. The summed E-state index contributed by atoms with van der Waals surface area (Å²) in [6.45, 7) is 4.44. The van der Waals surface area contributed by atoms with Gasteiger partial charge in [-0.05, 0) is 50.5 Å². The van der Waals surface area contributed by atoms with E-state index in [4.69, 9.17) is 4.74 Å². The van der Waals surface area contributed by atoms with Crippen LogP contribution in [0, 0.1) is 0 Å². The van der Waals surface area contributed by atoms with Crippen molar-refractivity contribution in [3.63, 3.8) is 0 Å². The first-order valence-corrected chi connectivity index (χ1v) is 12.7. The highest BCUT2D eigenvalue weighted by molar-refractivity contribution is 7.19. The molecule has 174 valence electrons. The fourth-order valence-corrected chi connectivity index (χ4v) is 6.29. The Morgan fingerprint density at radius 1 is 1.21 bits per heavy atom. The second kappa shape index (κ2) is 8.52. The van der Waals surface area contributed by atoms with Gasteiger partial charge in [0, 0.05) is 22.7 Å². The third-order valence-corrected chi connectivity index (χ3v) is 8.33. The number of thiophene rings is 1. The predicted octanol–water partition coefficient (Wildman–Crippen LogP) is 5.14. The van der Waals surface area contributed by atoms with E-state index in [1.807, 2.05) is 41.8 Å². The van der Waals surface area contributed by atoms with Crippen LogP contribution in [0.1, 0.15) is 61.3 Å². The van der Waals surface area contributed by atoms with Crippen LogP contribution in [-0.2, 0) is 17.8 Å². The number of hydrogen-bond donors (Lipinski definition) is 1. The van der Waals surface area contributed by atoms with Crippen molar-refractivity contribution < 1.29 is 14.3 Å². The van der Waals surface area contributed by atoms with E-state index in [2.05, 4.69) is 18.3 Å². The van der Waals surface area contributed by atoms with Gasteiger partial charge in [-0.3, -0.25) is 14.5 Å². The van der Waals surface area contributed by atoms with Crippen molar-refractivity contribution in [3.8, 4) is 5.75 Å². The number of nitrogens with zero attached hydrogens (tertiary/aromatic N) is 2. The number of benzene rings is 1. The van der Waals surface area contributed by atoms with Crippen LogP contribution < -0.4 is 15.0 Å². The Morgan fingerprint density at radius 2 is 2.00 bits per heavy atom. The van der Waals surface area contributed by atoms with E-state index in [1.54, 1.807) is 23.3 Å². The van der Waals surface area contributed by atoms with Gasteiger partial charge in [0.2, 0.25) is 5.91 Å². The maximum absolute atomic E-state index is 13.9. The van der Waals surface area contributed by atoms with Crippen molar-refractivity contribution in [3.05, 3.63) is 47.0 Å². The van der Waals surface area contributed by atoms with Crippen molar-refractivity contribution in [2.75, 3.05) is 12.0 Å². The topological polar surface area (TPSA) is 63.6 Å². The van der Waals surface area contributed by atoms with Gasteiger partial charge in [-0.2, -0.15) is 0 Å². The molecular weight excluding hydrogens is 434 g/mol. The number of aryl methyl sites for hydroxylation is 1. The van der Waals surface area contributed by atoms with E-state index >= 15 is 0 Å². The largest absolute Gasteiger partial charge is 0.497 e. The van der Waals surface area contributed by atoms with E-state index in [1.165, 1.54) is 11.3 Å². The fraction of sp³-hybridized carbons (Fsp3) is 0.462. The average Bonchev–Trinajstić information content (AvgIpc) is 3.38. The first-order chi connectivity index (χ1) is 15.9. The van der Waals surface area contributed by atoms with E-state index in [0.717, 1.165) is 42.3 Å². The van der Waals surface area contributed by atoms with Crippen LogP contribution in [0.5, 0.6) is 5.75 Å². The summed E-state index contributed by atoms with van der Waals surface area (Å²) in [5, 5.41) is 3.29. The summed E-state index contributed by atoms with van der Waals surface area (Å²) in [4.78, 5) is 30.8. The van der Waals surface area contributed by atoms with E-state index in [0.29, 0.717) is 23.7 Å². The summed E-state index contributed by atoms with van der Waals surface area (Å²) in [5.41, 5.74) is 1.28. The minimum atomic E-state index is -1.06. The molecule has 0 radical (unpaired) electrons. The molecule has 1 atom stereocenters. The fourth-order valence-electron chi connectivity index (χ4n) is 5.24. The Bertz CT molecular complexity index is 1210. The van der Waals surface area contributed by atoms with Crippen LogP contribution >= 0.6 is 11.3 Å². The molecule has 0 unspecified atom stereocenters. The van der Waals surface area contributed by atoms with Gasteiger partial charge in [0.05, 0.1) is 23.9 Å². The lowest BCUT2D eigenvalue weighted by molar-refractivity contribution is -0.127. The molecule has 1 saturated carbocycles. The molecule has 33 heavy (non-hydrogen) atoms. The molecule has 1 aliphatic heterocycles. The number of fused-ring (bicyclic) bond motifs is 3. The highest BCUT2D eigenvalue weighted by atomic mass is 32.1. The lowest BCUT2D eigenvalue weighted by Gasteiger charge is -2.44. The zero-order valence-electron chi connectivity index (χ0n) is 19.5. The van der Waals surface area contributed by atoms with E-state index in [9.17, 15) is 9.59 Å². The van der Waals surface area contributed by atoms with Crippen molar-refractivity contribution in [2.24, 2.45) is 0 Å². The maximum atomic E-state index is 13.9. The minimum Gasteiger partial charge on any atom is -0.497 e. The Balaban J connectivity index is 1.61. The molecule has 1 N–H and O–H groups in total. The second-order valence-electron chi connectivity index (χ2n) is 9.36. The molecule has 2 aliphatic rings. The Labute approximate surface area is 198 Å². The summed E-state index contributed by atoms with van der Waals surface area (Å²) < 4.78 is 8.56. The van der Waals surface area contributed by atoms with Crippen LogP contribution in [-0.4, -0.2) is 35.1 Å². The molecule has 7 heteroatoms. The van der Waals surface area contributed by atoms with Crippen LogP contribution in [0.3, 0.4) is 0 Å². The summed E-state index contributed by atoms with van der Waals surface area (Å²) >= 11 is 1.72. The van der Waals surface area contributed by atoms with Crippen LogP contribution in [0.25, 0.3) is 10.2 Å². The molecule has 0 bridgehead atoms. The van der Waals surface area contributed by atoms with Gasteiger partial charge < -0.3 is 14.6 Å². The third kappa shape index (κ3) is 3.72. The van der Waals surface area contributed by atoms with E-state index in [-0.39, 0.29) is 17.9 Å². The van der Waals surface area contributed by atoms with E-state index < -0.39 is 5.54 Å². The summed E-state index contributed by atoms with van der Waals surface area (Å²) in [7, 11) is 1.61. The van der Waals surface area contributed by atoms with Gasteiger partial charge in [0.25, 0.3) is 5.91 Å². The van der Waals surface area contributed by atoms with Crippen molar-refractivity contribution in [2.45, 2.75) is 70.5 Å². The van der Waals surface area contributed by atoms with Crippen molar-refractivity contribution in [1.29, 1.82) is 0 Å². The molecule has 1 aromatic carbocycles. The van der Waals surface area contributed by atoms with Crippen molar-refractivity contribution in [1.82, 2.24) is 9.88 Å². The molecule has 1 aliphatic carbocycles. The zero-order valence-corrected chi connectivity index (χ0v) is 20.3. The van der Waals surface area contributed by atoms with Crippen LogP contribution in [0.2, 0.25) is 0 Å². The smallest absolute Gasteiger partial charge is 0.275 e. The Morgan fingerprint density at radius 3 is 2.73 bits per heavy atom. The lowest BCUT2D eigenvalue weighted by atomic mass is 9.91. The number of anilines is 1. The number of hydrogen-bond acceptors (Lipinski definition) is 4. The lowest BCUT2D eigenvalue weighted by Crippen LogP contribution is -2.65. The number of aromatic nitrogens is 1. The second-order valence-corrected chi connectivity index (χ2v) is 10.5. The van der Waals surface area contributed by atoms with Gasteiger partial charge in [-0.25, -0.2) is 0 Å². The normalized spacial score (nSPS) is 21.3. The summed E-state index contributed by atoms with van der Waals surface area (Å²) in [6, 6.07) is 11.7. The number of nitrogens with one attached hydrogen (secondary N) is 1. The number of amides is 2. The van der Waals surface area contributed by atoms with Crippen molar-refractivity contribution >= 4 is 39.1 Å². The van der Waals surface area contributed by atoms with Gasteiger partial charge in [-0.15, -0.1) is 11.3 Å². The first-order valence-electron chi connectivity index (χ1n) is 11.9. The highest BCUT2D eigenvalue weighted by Gasteiger charge is 2.49. The van der Waals surface area contributed by atoms with Gasteiger partial charge >= 0.3 is 0 Å². The molecule has 3 heterocycles. The van der Waals surface area contributed by atoms with Gasteiger partial charge in [0.15, 0.2) is 0 Å². The summed E-state index contributed by atoms with van der Waals surface area (Å²) in [5.74, 6) is 0.408. The number of ether oxygens (including phenoxy) is 1. The number of methoxy groups -OCH3 is 1. The Hall–Kier alpha value is -2.80. The number of carbonyl (C=O) groups excluding carboxylic acids is 2. The molecule has 3 aromatic rings. The maximum Gasteiger partial charge on any atom is 0.275 e. The number of rotatable bonds is 5. The standard InChI is InChI=1S/C26H31N3O3S/c1-4-20-14-21-23(33-20)15-22-24(30)29(18-11-8-12-19(13-18)32-3)26(2,16-28(21)22)25(31)27-17-9-6-5-7-10-17/h8,11-15,17H,4-7,9-10,16H2,1-3H3,(H,27,31)/t26-/m1/s1. The summed E-state index contributed by atoms with van der Waals surface area (Å²) in [6.07, 6.45) is 6.45. The van der Waals surface area contributed by atoms with Crippen LogP contribution in [0.15, 0.2) is 36.4 Å². The molecule has 2 aromatic heterocycles. The van der Waals surface area contributed by atoms with Gasteiger partial charge in [-0.1, -0.05) is 32.3 Å².